The molecule has 1 aromatic carbocycles. The molecule has 0 saturated carbocycles. The molecular formula is C19H25F2N3O3S. The summed E-state index contributed by atoms with van der Waals surface area (Å²) in [5.74, 6) is 0.182. The van der Waals surface area contributed by atoms with Crippen molar-refractivity contribution in [1.29, 1.82) is 0 Å². The minimum Gasteiger partial charge on any atom is -0.493 e. The SMILES string of the molecule is CCC1SC(=O)N(CCN2CCCC2)N=C1c1ccc(OC(F)F)c(OC)c1. The van der Waals surface area contributed by atoms with Crippen molar-refractivity contribution < 1.29 is 23.0 Å². The molecule has 1 aromatic rings. The Morgan fingerprint density at radius 3 is 2.64 bits per heavy atom. The van der Waals surface area contributed by atoms with E-state index in [0.29, 0.717) is 6.54 Å². The first-order valence-corrected chi connectivity index (χ1v) is 10.3. The van der Waals surface area contributed by atoms with E-state index in [4.69, 9.17) is 4.74 Å². The number of hydrogen-bond donors (Lipinski definition) is 0. The summed E-state index contributed by atoms with van der Waals surface area (Å²) >= 11 is 1.25. The van der Waals surface area contributed by atoms with E-state index in [2.05, 4.69) is 14.7 Å². The van der Waals surface area contributed by atoms with Crippen LogP contribution in [0.4, 0.5) is 13.6 Å². The molecule has 0 spiro atoms. The second-order valence-corrected chi connectivity index (χ2v) is 7.84. The molecule has 6 nitrogen and oxygen atoms in total. The molecule has 0 radical (unpaired) electrons. The molecule has 154 valence electrons. The highest BCUT2D eigenvalue weighted by molar-refractivity contribution is 8.14. The molecule has 1 unspecified atom stereocenters. The van der Waals surface area contributed by atoms with Crippen LogP contribution in [0.25, 0.3) is 0 Å². The van der Waals surface area contributed by atoms with Crippen LogP contribution in [-0.2, 0) is 0 Å². The van der Waals surface area contributed by atoms with Crippen molar-refractivity contribution >= 4 is 22.7 Å². The van der Waals surface area contributed by atoms with E-state index in [1.54, 1.807) is 12.1 Å². The minimum absolute atomic E-state index is 0.0275. The number of carbonyl (C=O) groups is 1. The molecule has 0 aromatic heterocycles. The monoisotopic (exact) mass is 413 g/mol. The average Bonchev–Trinajstić information content (AvgIpc) is 3.20. The Morgan fingerprint density at radius 2 is 2.00 bits per heavy atom. The number of methoxy groups -OCH3 is 1. The van der Waals surface area contributed by atoms with Gasteiger partial charge in [0.1, 0.15) is 0 Å². The number of nitrogens with zero attached hydrogens (tertiary/aromatic N) is 3. The van der Waals surface area contributed by atoms with E-state index in [1.165, 1.54) is 42.8 Å². The fourth-order valence-corrected chi connectivity index (χ4v) is 4.36. The predicted octanol–water partition coefficient (Wildman–Crippen LogP) is 4.04. The molecule has 0 bridgehead atoms. The molecule has 1 atom stereocenters. The number of benzene rings is 1. The first-order chi connectivity index (χ1) is 13.5. The predicted molar refractivity (Wildman–Crippen MR) is 106 cm³/mol. The van der Waals surface area contributed by atoms with E-state index in [-0.39, 0.29) is 22.0 Å². The lowest BCUT2D eigenvalue weighted by molar-refractivity contribution is -0.0512. The van der Waals surface area contributed by atoms with E-state index in [0.717, 1.165) is 37.3 Å². The minimum atomic E-state index is -2.93. The van der Waals surface area contributed by atoms with Crippen LogP contribution in [0.1, 0.15) is 31.7 Å². The van der Waals surface area contributed by atoms with Crippen molar-refractivity contribution in [3.05, 3.63) is 23.8 Å². The Balaban J connectivity index is 1.83. The summed E-state index contributed by atoms with van der Waals surface area (Å²) in [6.45, 7) is 2.52. The summed E-state index contributed by atoms with van der Waals surface area (Å²) in [7, 11) is 1.40. The third-order valence-electron chi connectivity index (χ3n) is 4.86. The number of rotatable bonds is 8. The third-order valence-corrected chi connectivity index (χ3v) is 6.11. The lowest BCUT2D eigenvalue weighted by Crippen LogP contribution is -2.39. The third kappa shape index (κ3) is 4.94. The molecule has 1 saturated heterocycles. The molecule has 2 aliphatic heterocycles. The lowest BCUT2D eigenvalue weighted by Gasteiger charge is -2.29. The summed E-state index contributed by atoms with van der Waals surface area (Å²) in [6.07, 6.45) is 3.12. The van der Waals surface area contributed by atoms with Crippen molar-refractivity contribution in [3.8, 4) is 11.5 Å². The van der Waals surface area contributed by atoms with Gasteiger partial charge in [-0.1, -0.05) is 18.7 Å². The molecule has 3 rings (SSSR count). The standard InChI is InChI=1S/C19H25F2N3O3S/c1-3-16-17(13-6-7-14(27-18(20)21)15(12-13)26-2)22-24(19(25)28-16)11-10-23-8-4-5-9-23/h6-7,12,16,18H,3-5,8-11H2,1-2H3. The fourth-order valence-electron chi connectivity index (χ4n) is 3.40. The summed E-state index contributed by atoms with van der Waals surface area (Å²) in [6, 6.07) is 4.76. The molecule has 9 heteroatoms. The molecular weight excluding hydrogens is 388 g/mol. The van der Waals surface area contributed by atoms with Crippen LogP contribution in [0.5, 0.6) is 11.5 Å². The molecule has 0 aliphatic carbocycles. The Hall–Kier alpha value is -1.87. The fraction of sp³-hybridized carbons (Fsp3) is 0.579. The quantitative estimate of drug-likeness (QED) is 0.644. The highest BCUT2D eigenvalue weighted by atomic mass is 32.2. The lowest BCUT2D eigenvalue weighted by atomic mass is 10.0. The number of hydrogen-bond acceptors (Lipinski definition) is 6. The van der Waals surface area contributed by atoms with Crippen molar-refractivity contribution in [3.63, 3.8) is 0 Å². The topological polar surface area (TPSA) is 54.4 Å². The first-order valence-electron chi connectivity index (χ1n) is 9.44. The number of carbonyl (C=O) groups excluding carboxylic acids is 1. The van der Waals surface area contributed by atoms with Crippen LogP contribution in [0.2, 0.25) is 0 Å². The second-order valence-electron chi connectivity index (χ2n) is 6.68. The van der Waals surface area contributed by atoms with Gasteiger partial charge in [-0.05, 0) is 50.6 Å². The van der Waals surface area contributed by atoms with E-state index >= 15 is 0 Å². The van der Waals surface area contributed by atoms with Crippen LogP contribution in [0, 0.1) is 0 Å². The van der Waals surface area contributed by atoms with Gasteiger partial charge in [-0.3, -0.25) is 4.79 Å². The molecule has 0 N–H and O–H groups in total. The molecule has 28 heavy (non-hydrogen) atoms. The second kappa shape index (κ2) is 9.56. The van der Waals surface area contributed by atoms with Crippen LogP contribution in [-0.4, -0.2) is 66.0 Å². The Kier molecular flexibility index (Phi) is 7.12. The molecule has 2 heterocycles. The molecule has 1 fully saturated rings. The van der Waals surface area contributed by atoms with Crippen molar-refractivity contribution in [2.75, 3.05) is 33.3 Å². The highest BCUT2D eigenvalue weighted by Crippen LogP contribution is 2.34. The molecule has 1 amide bonds. The van der Waals surface area contributed by atoms with Crippen LogP contribution in [0.15, 0.2) is 23.3 Å². The number of halogens is 2. The number of amides is 1. The largest absolute Gasteiger partial charge is 0.493 e. The van der Waals surface area contributed by atoms with Gasteiger partial charge in [-0.25, -0.2) is 5.01 Å². The van der Waals surface area contributed by atoms with Gasteiger partial charge < -0.3 is 14.4 Å². The zero-order valence-corrected chi connectivity index (χ0v) is 16.9. The van der Waals surface area contributed by atoms with Gasteiger partial charge in [-0.15, -0.1) is 0 Å². The van der Waals surface area contributed by atoms with E-state index < -0.39 is 6.61 Å². The van der Waals surface area contributed by atoms with Gasteiger partial charge in [0.05, 0.1) is 24.6 Å². The van der Waals surface area contributed by atoms with Crippen LogP contribution in [0.3, 0.4) is 0 Å². The Labute approximate surface area is 167 Å². The maximum atomic E-state index is 12.6. The van der Waals surface area contributed by atoms with Crippen LogP contribution >= 0.6 is 11.8 Å². The van der Waals surface area contributed by atoms with E-state index in [9.17, 15) is 13.6 Å². The van der Waals surface area contributed by atoms with Gasteiger partial charge in [0.2, 0.25) is 0 Å². The van der Waals surface area contributed by atoms with Crippen molar-refractivity contribution in [1.82, 2.24) is 9.91 Å². The van der Waals surface area contributed by atoms with Crippen LogP contribution < -0.4 is 9.47 Å². The number of thioether (sulfide) groups is 1. The first kappa shape index (κ1) is 20.9. The number of hydrazone groups is 1. The van der Waals surface area contributed by atoms with E-state index in [1.807, 2.05) is 6.92 Å². The van der Waals surface area contributed by atoms with Gasteiger partial charge in [0.25, 0.3) is 0 Å². The number of alkyl halides is 2. The van der Waals surface area contributed by atoms with Gasteiger partial charge in [0, 0.05) is 12.1 Å². The maximum absolute atomic E-state index is 12.6. The van der Waals surface area contributed by atoms with Crippen molar-refractivity contribution in [2.45, 2.75) is 38.0 Å². The van der Waals surface area contributed by atoms with Gasteiger partial charge in [-0.2, -0.15) is 13.9 Å². The highest BCUT2D eigenvalue weighted by Gasteiger charge is 2.31. The Bertz CT molecular complexity index is 726. The maximum Gasteiger partial charge on any atom is 0.387 e. The summed E-state index contributed by atoms with van der Waals surface area (Å²) in [5, 5.41) is 5.98. The van der Waals surface area contributed by atoms with Gasteiger partial charge >= 0.3 is 11.9 Å². The zero-order valence-electron chi connectivity index (χ0n) is 16.1. The number of likely N-dealkylation sites (tertiary alicyclic amines) is 1. The molecule has 2 aliphatic rings. The average molecular weight is 413 g/mol. The smallest absolute Gasteiger partial charge is 0.387 e. The summed E-state index contributed by atoms with van der Waals surface area (Å²) < 4.78 is 34.8. The summed E-state index contributed by atoms with van der Waals surface area (Å²) in [5.41, 5.74) is 1.48. The zero-order chi connectivity index (χ0) is 20.1. The van der Waals surface area contributed by atoms with Gasteiger partial charge in [0.15, 0.2) is 11.5 Å². The Morgan fingerprint density at radius 1 is 1.25 bits per heavy atom. The van der Waals surface area contributed by atoms with Crippen molar-refractivity contribution in [2.24, 2.45) is 5.10 Å². The summed E-state index contributed by atoms with van der Waals surface area (Å²) in [4.78, 5) is 14.8. The number of ether oxygens (including phenoxy) is 2. The normalized spacial score (nSPS) is 20.6.